The van der Waals surface area contributed by atoms with Crippen LogP contribution in [0.1, 0.15) is 15.9 Å². The van der Waals surface area contributed by atoms with Crippen LogP contribution in [0.4, 0.5) is 11.4 Å². The lowest BCUT2D eigenvalue weighted by Gasteiger charge is -2.35. The Labute approximate surface area is 126 Å². The van der Waals surface area contributed by atoms with Gasteiger partial charge in [-0.3, -0.25) is 9.59 Å². The average Bonchev–Trinajstić information content (AvgIpc) is 2.79. The van der Waals surface area contributed by atoms with E-state index >= 15 is 0 Å². The molecule has 2 aromatic rings. The fourth-order valence-electron chi connectivity index (χ4n) is 2.92. The van der Waals surface area contributed by atoms with Gasteiger partial charge in [-0.2, -0.15) is 0 Å². The van der Waals surface area contributed by atoms with Crippen molar-refractivity contribution in [1.29, 1.82) is 0 Å². The molecule has 22 heavy (non-hydrogen) atoms. The molecule has 0 unspecified atom stereocenters. The molecule has 2 amide bonds. The number of benzene rings is 2. The fraction of sp³-hybridized carbons (Fsp3) is 0.125. The van der Waals surface area contributed by atoms with Gasteiger partial charge in [0.25, 0.3) is 11.8 Å². The number of methoxy groups -OCH3 is 1. The highest BCUT2D eigenvalue weighted by atomic mass is 16.5. The van der Waals surface area contributed by atoms with E-state index in [2.05, 4.69) is 16.0 Å². The molecule has 0 aliphatic carbocycles. The zero-order valence-electron chi connectivity index (χ0n) is 11.8. The number of carbonyl (C=O) groups excluding carboxylic acids is 2. The second-order valence-electron chi connectivity index (χ2n) is 5.24. The third-order valence-electron chi connectivity index (χ3n) is 4.01. The number of hydrogen-bond acceptors (Lipinski definition) is 4. The smallest absolute Gasteiger partial charge is 0.275 e. The molecule has 0 saturated heterocycles. The molecule has 1 atom stereocenters. The monoisotopic (exact) mass is 295 g/mol. The van der Waals surface area contributed by atoms with Gasteiger partial charge < -0.3 is 20.7 Å². The highest BCUT2D eigenvalue weighted by Crippen LogP contribution is 2.41. The van der Waals surface area contributed by atoms with Gasteiger partial charge >= 0.3 is 0 Å². The molecular formula is C16H13N3O3. The number of ether oxygens (including phenoxy) is 1. The molecule has 0 bridgehead atoms. The van der Waals surface area contributed by atoms with Gasteiger partial charge in [0.1, 0.15) is 5.75 Å². The quantitative estimate of drug-likeness (QED) is 0.747. The predicted molar refractivity (Wildman–Crippen MR) is 80.8 cm³/mol. The summed E-state index contributed by atoms with van der Waals surface area (Å²) in [7, 11) is 1.56. The van der Waals surface area contributed by atoms with E-state index < -0.39 is 5.66 Å². The number of carbonyl (C=O) groups is 2. The van der Waals surface area contributed by atoms with Gasteiger partial charge in [-0.05, 0) is 30.3 Å². The number of amides is 2. The third kappa shape index (κ3) is 1.54. The van der Waals surface area contributed by atoms with Gasteiger partial charge in [-0.25, -0.2) is 0 Å². The molecular weight excluding hydrogens is 282 g/mol. The zero-order chi connectivity index (χ0) is 15.3. The van der Waals surface area contributed by atoms with Gasteiger partial charge in [0.05, 0.1) is 12.7 Å². The van der Waals surface area contributed by atoms with E-state index in [4.69, 9.17) is 4.74 Å². The van der Waals surface area contributed by atoms with Crippen LogP contribution in [0, 0.1) is 0 Å². The molecule has 3 N–H and O–H groups in total. The molecule has 2 aliphatic heterocycles. The Kier molecular flexibility index (Phi) is 2.45. The Bertz CT molecular complexity index is 818. The minimum Gasteiger partial charge on any atom is -0.497 e. The fourth-order valence-corrected chi connectivity index (χ4v) is 2.92. The number of rotatable bonds is 1. The summed E-state index contributed by atoms with van der Waals surface area (Å²) in [4.78, 5) is 24.9. The third-order valence-corrected chi connectivity index (χ3v) is 4.01. The number of anilines is 2. The molecule has 6 nitrogen and oxygen atoms in total. The van der Waals surface area contributed by atoms with Crippen LogP contribution >= 0.6 is 0 Å². The largest absolute Gasteiger partial charge is 0.497 e. The summed E-state index contributed by atoms with van der Waals surface area (Å²) in [5.41, 5.74) is 1.11. The van der Waals surface area contributed by atoms with Crippen LogP contribution in [0.2, 0.25) is 0 Å². The number of para-hydroxylation sites is 1. The zero-order valence-corrected chi connectivity index (χ0v) is 11.8. The van der Waals surface area contributed by atoms with Crippen molar-refractivity contribution in [3.63, 3.8) is 0 Å². The summed E-state index contributed by atoms with van der Waals surface area (Å²) >= 11 is 0. The summed E-state index contributed by atoms with van der Waals surface area (Å²) in [5, 5.41) is 8.74. The first-order valence-corrected chi connectivity index (χ1v) is 6.84. The maximum absolute atomic E-state index is 12.5. The normalized spacial score (nSPS) is 21.5. The van der Waals surface area contributed by atoms with E-state index in [0.717, 1.165) is 0 Å². The van der Waals surface area contributed by atoms with E-state index in [9.17, 15) is 9.59 Å². The van der Waals surface area contributed by atoms with E-state index in [-0.39, 0.29) is 11.8 Å². The second kappa shape index (κ2) is 4.24. The number of hydrogen-bond donors (Lipinski definition) is 3. The topological polar surface area (TPSA) is 79.5 Å². The Morgan fingerprint density at radius 2 is 1.82 bits per heavy atom. The van der Waals surface area contributed by atoms with E-state index in [1.54, 1.807) is 43.5 Å². The van der Waals surface area contributed by atoms with Gasteiger partial charge in [0.2, 0.25) is 5.66 Å². The first kappa shape index (κ1) is 12.7. The summed E-state index contributed by atoms with van der Waals surface area (Å²) in [6.07, 6.45) is 0. The lowest BCUT2D eigenvalue weighted by Crippen LogP contribution is -2.59. The Hall–Kier alpha value is -3.02. The minimum absolute atomic E-state index is 0.292. The van der Waals surface area contributed by atoms with Gasteiger partial charge in [-0.1, -0.05) is 12.1 Å². The second-order valence-corrected chi connectivity index (χ2v) is 5.24. The molecule has 0 aromatic heterocycles. The minimum atomic E-state index is -1.31. The predicted octanol–water partition coefficient (Wildman–Crippen LogP) is 1.66. The summed E-state index contributed by atoms with van der Waals surface area (Å²) < 4.78 is 5.23. The lowest BCUT2D eigenvalue weighted by atomic mass is 9.95. The van der Waals surface area contributed by atoms with Gasteiger partial charge in [0, 0.05) is 16.9 Å². The summed E-state index contributed by atoms with van der Waals surface area (Å²) in [5.74, 6) is 0.00306. The summed E-state index contributed by atoms with van der Waals surface area (Å²) in [6.45, 7) is 0. The van der Waals surface area contributed by atoms with Gasteiger partial charge in [-0.15, -0.1) is 0 Å². The maximum Gasteiger partial charge on any atom is 0.275 e. The highest BCUT2D eigenvalue weighted by Gasteiger charge is 2.51. The average molecular weight is 295 g/mol. The molecule has 2 heterocycles. The number of fused-ring (bicyclic) bond motifs is 3. The van der Waals surface area contributed by atoms with Crippen LogP contribution in [0.5, 0.6) is 5.75 Å². The molecule has 4 rings (SSSR count). The molecule has 2 aromatic carbocycles. The van der Waals surface area contributed by atoms with E-state index in [0.29, 0.717) is 28.3 Å². The van der Waals surface area contributed by atoms with Crippen molar-refractivity contribution >= 4 is 23.2 Å². The molecule has 6 heteroatoms. The first-order chi connectivity index (χ1) is 10.6. The van der Waals surface area contributed by atoms with Crippen LogP contribution in [0.3, 0.4) is 0 Å². The molecule has 1 spiro atoms. The first-order valence-electron chi connectivity index (χ1n) is 6.84. The Morgan fingerprint density at radius 1 is 1.00 bits per heavy atom. The van der Waals surface area contributed by atoms with Crippen LogP contribution in [0.15, 0.2) is 42.5 Å². The van der Waals surface area contributed by atoms with Crippen LogP contribution in [0.25, 0.3) is 0 Å². The Balaban J connectivity index is 1.90. The SMILES string of the molecule is COc1ccc2c(c1)[C@@]1(NC(=O)c3ccccc3N1)C(=O)N2. The van der Waals surface area contributed by atoms with Crippen molar-refractivity contribution in [3.8, 4) is 5.75 Å². The molecule has 0 radical (unpaired) electrons. The molecule has 0 fully saturated rings. The molecule has 2 aliphatic rings. The van der Waals surface area contributed by atoms with Crippen molar-refractivity contribution in [2.45, 2.75) is 5.66 Å². The maximum atomic E-state index is 12.5. The van der Waals surface area contributed by atoms with Crippen LogP contribution < -0.4 is 20.7 Å². The van der Waals surface area contributed by atoms with Crippen molar-refractivity contribution in [3.05, 3.63) is 53.6 Å². The van der Waals surface area contributed by atoms with E-state index in [1.165, 1.54) is 0 Å². The van der Waals surface area contributed by atoms with E-state index in [1.807, 2.05) is 6.07 Å². The van der Waals surface area contributed by atoms with Crippen molar-refractivity contribution in [1.82, 2.24) is 5.32 Å². The number of nitrogens with one attached hydrogen (secondary N) is 3. The summed E-state index contributed by atoms with van der Waals surface area (Å²) in [6, 6.07) is 12.4. The van der Waals surface area contributed by atoms with Crippen LogP contribution in [-0.2, 0) is 10.5 Å². The van der Waals surface area contributed by atoms with Crippen molar-refractivity contribution < 1.29 is 14.3 Å². The molecule has 110 valence electrons. The Morgan fingerprint density at radius 3 is 2.64 bits per heavy atom. The van der Waals surface area contributed by atoms with Crippen molar-refractivity contribution in [2.75, 3.05) is 17.7 Å². The molecule has 0 saturated carbocycles. The van der Waals surface area contributed by atoms with Crippen LogP contribution in [-0.4, -0.2) is 18.9 Å². The van der Waals surface area contributed by atoms with Gasteiger partial charge in [0.15, 0.2) is 0 Å². The highest BCUT2D eigenvalue weighted by molar-refractivity contribution is 6.14. The lowest BCUT2D eigenvalue weighted by molar-refractivity contribution is -0.120. The van der Waals surface area contributed by atoms with Crippen molar-refractivity contribution in [2.24, 2.45) is 0 Å². The standard InChI is InChI=1S/C16H13N3O3/c1-22-9-6-7-13-11(8-9)16(15(21)17-13)18-12-5-3-2-4-10(12)14(20)19-16/h2-8,18H,1H3,(H,17,21)(H,19,20)/t16-/m1/s1.